The van der Waals surface area contributed by atoms with E-state index in [1.807, 2.05) is 55.5 Å². The zero-order chi connectivity index (χ0) is 18.4. The predicted octanol–water partition coefficient (Wildman–Crippen LogP) is 5.81. The maximum Gasteiger partial charge on any atom is 0.131 e. The van der Waals surface area contributed by atoms with E-state index in [1.165, 1.54) is 11.6 Å². The van der Waals surface area contributed by atoms with E-state index in [0.717, 1.165) is 11.3 Å². The number of anilines is 1. The summed E-state index contributed by atoms with van der Waals surface area (Å²) in [6.45, 7) is 2.12. The van der Waals surface area contributed by atoms with Crippen molar-refractivity contribution in [1.82, 2.24) is 0 Å². The molecule has 5 heteroatoms. The molecule has 26 heavy (non-hydrogen) atoms. The van der Waals surface area contributed by atoms with Crippen LogP contribution in [0.15, 0.2) is 71.8 Å². The molecule has 0 radical (unpaired) electrons. The molecular formula is C21H18ClFN2O. The highest BCUT2D eigenvalue weighted by Gasteiger charge is 2.07. The molecule has 0 aliphatic heterocycles. The molecule has 3 nitrogen and oxygen atoms in total. The SMILES string of the molecule is Cc1ccc(N/N=C\c2ccc(OCc3c(F)cccc3Cl)cc2)cc1. The summed E-state index contributed by atoms with van der Waals surface area (Å²) in [5.41, 5.74) is 6.37. The molecule has 0 atom stereocenters. The summed E-state index contributed by atoms with van der Waals surface area (Å²) in [5, 5.41) is 4.56. The number of halogens is 2. The third-order valence-electron chi connectivity index (χ3n) is 3.78. The molecule has 0 spiro atoms. The van der Waals surface area contributed by atoms with Gasteiger partial charge in [0.2, 0.25) is 0 Å². The van der Waals surface area contributed by atoms with Crippen molar-refractivity contribution in [3.05, 3.63) is 94.3 Å². The third-order valence-corrected chi connectivity index (χ3v) is 4.14. The molecule has 0 saturated carbocycles. The van der Waals surface area contributed by atoms with Crippen molar-refractivity contribution < 1.29 is 9.13 Å². The summed E-state index contributed by atoms with van der Waals surface area (Å²) in [6, 6.07) is 19.9. The van der Waals surface area contributed by atoms with Crippen molar-refractivity contribution in [1.29, 1.82) is 0 Å². The molecule has 0 saturated heterocycles. The number of hydrazone groups is 1. The first-order valence-corrected chi connectivity index (χ1v) is 8.51. The fourth-order valence-corrected chi connectivity index (χ4v) is 2.50. The van der Waals surface area contributed by atoms with E-state index in [9.17, 15) is 4.39 Å². The maximum atomic E-state index is 13.7. The molecule has 3 aromatic carbocycles. The van der Waals surface area contributed by atoms with Crippen LogP contribution in [0.1, 0.15) is 16.7 Å². The Morgan fingerprint density at radius 1 is 1.04 bits per heavy atom. The Morgan fingerprint density at radius 2 is 1.77 bits per heavy atom. The largest absolute Gasteiger partial charge is 0.489 e. The Kier molecular flexibility index (Phi) is 5.87. The average Bonchev–Trinajstić information content (AvgIpc) is 2.64. The van der Waals surface area contributed by atoms with Gasteiger partial charge in [-0.25, -0.2) is 4.39 Å². The zero-order valence-corrected chi connectivity index (χ0v) is 15.0. The van der Waals surface area contributed by atoms with Crippen LogP contribution >= 0.6 is 11.6 Å². The van der Waals surface area contributed by atoms with Crippen molar-refractivity contribution in [2.75, 3.05) is 5.43 Å². The van der Waals surface area contributed by atoms with Gasteiger partial charge in [0.15, 0.2) is 0 Å². The Balaban J connectivity index is 1.56. The minimum Gasteiger partial charge on any atom is -0.489 e. The van der Waals surface area contributed by atoms with Crippen LogP contribution in [-0.4, -0.2) is 6.21 Å². The summed E-state index contributed by atoms with van der Waals surface area (Å²) < 4.78 is 19.3. The van der Waals surface area contributed by atoms with Gasteiger partial charge in [0.1, 0.15) is 18.2 Å². The van der Waals surface area contributed by atoms with Gasteiger partial charge in [-0.15, -0.1) is 0 Å². The second-order valence-corrected chi connectivity index (χ2v) is 6.20. The number of nitrogens with zero attached hydrogens (tertiary/aromatic N) is 1. The number of aryl methyl sites for hydroxylation is 1. The molecular weight excluding hydrogens is 351 g/mol. The lowest BCUT2D eigenvalue weighted by molar-refractivity contribution is 0.300. The van der Waals surface area contributed by atoms with Crippen LogP contribution in [0.4, 0.5) is 10.1 Å². The summed E-state index contributed by atoms with van der Waals surface area (Å²) in [5.74, 6) is 0.261. The molecule has 3 rings (SSSR count). The first kappa shape index (κ1) is 18.0. The van der Waals surface area contributed by atoms with Crippen molar-refractivity contribution in [2.24, 2.45) is 5.10 Å². The smallest absolute Gasteiger partial charge is 0.131 e. The predicted molar refractivity (Wildman–Crippen MR) is 105 cm³/mol. The van der Waals surface area contributed by atoms with Crippen molar-refractivity contribution in [2.45, 2.75) is 13.5 Å². The summed E-state index contributed by atoms with van der Waals surface area (Å²) in [4.78, 5) is 0. The zero-order valence-electron chi connectivity index (χ0n) is 14.2. The van der Waals surface area contributed by atoms with E-state index in [2.05, 4.69) is 10.5 Å². The molecule has 1 N–H and O–H groups in total. The first-order valence-electron chi connectivity index (χ1n) is 8.13. The summed E-state index contributed by atoms with van der Waals surface area (Å²) >= 11 is 5.99. The number of rotatable bonds is 6. The van der Waals surface area contributed by atoms with E-state index in [0.29, 0.717) is 16.3 Å². The van der Waals surface area contributed by atoms with Gasteiger partial charge in [-0.05, 0) is 61.0 Å². The van der Waals surface area contributed by atoms with Gasteiger partial charge in [0.05, 0.1) is 16.9 Å². The number of hydrogen-bond donors (Lipinski definition) is 1. The van der Waals surface area contributed by atoms with Crippen molar-refractivity contribution in [3.63, 3.8) is 0 Å². The van der Waals surface area contributed by atoms with E-state index in [4.69, 9.17) is 16.3 Å². The number of ether oxygens (including phenoxy) is 1. The number of nitrogens with one attached hydrogen (secondary N) is 1. The second-order valence-electron chi connectivity index (χ2n) is 5.79. The molecule has 0 aliphatic carbocycles. The highest BCUT2D eigenvalue weighted by molar-refractivity contribution is 6.31. The van der Waals surface area contributed by atoms with Crippen molar-refractivity contribution in [3.8, 4) is 5.75 Å². The standard InChI is InChI=1S/C21H18ClFN2O/c1-15-5-9-17(10-6-15)25-24-13-16-7-11-18(12-8-16)26-14-19-20(22)3-2-4-21(19)23/h2-13,25H,14H2,1H3/b24-13-. The highest BCUT2D eigenvalue weighted by atomic mass is 35.5. The molecule has 0 fully saturated rings. The molecule has 0 heterocycles. The monoisotopic (exact) mass is 368 g/mol. The maximum absolute atomic E-state index is 13.7. The van der Waals surface area contributed by atoms with Crippen molar-refractivity contribution >= 4 is 23.5 Å². The molecule has 0 aromatic heterocycles. The van der Waals surface area contributed by atoms with Gasteiger partial charge in [-0.3, -0.25) is 5.43 Å². The van der Waals surface area contributed by atoms with Gasteiger partial charge >= 0.3 is 0 Å². The Labute approximate surface area is 157 Å². The van der Waals surface area contributed by atoms with E-state index in [-0.39, 0.29) is 12.4 Å². The molecule has 0 amide bonds. The van der Waals surface area contributed by atoms with Crippen LogP contribution in [0.25, 0.3) is 0 Å². The van der Waals surface area contributed by atoms with Gasteiger partial charge in [-0.2, -0.15) is 5.10 Å². The normalized spacial score (nSPS) is 10.9. The van der Waals surface area contributed by atoms with Crippen LogP contribution in [0, 0.1) is 12.7 Å². The van der Waals surface area contributed by atoms with E-state index < -0.39 is 0 Å². The fraction of sp³-hybridized carbons (Fsp3) is 0.0952. The molecule has 0 unspecified atom stereocenters. The molecule has 0 bridgehead atoms. The van der Waals surface area contributed by atoms with Gasteiger partial charge < -0.3 is 4.74 Å². The molecule has 132 valence electrons. The Bertz CT molecular complexity index is 873. The van der Waals surface area contributed by atoms with Crippen LogP contribution in [0.2, 0.25) is 5.02 Å². The summed E-state index contributed by atoms with van der Waals surface area (Å²) in [6.07, 6.45) is 1.72. The minimum atomic E-state index is -0.372. The van der Waals surface area contributed by atoms with Gasteiger partial charge in [-0.1, -0.05) is 35.4 Å². The first-order chi connectivity index (χ1) is 12.6. The third kappa shape index (κ3) is 4.83. The lowest BCUT2D eigenvalue weighted by Crippen LogP contribution is -1.99. The Hall–Kier alpha value is -2.85. The Morgan fingerprint density at radius 3 is 2.46 bits per heavy atom. The number of hydrogen-bond acceptors (Lipinski definition) is 3. The van der Waals surface area contributed by atoms with Crippen LogP contribution < -0.4 is 10.2 Å². The molecule has 0 aliphatic rings. The van der Waals surface area contributed by atoms with Crippen LogP contribution in [0.5, 0.6) is 5.75 Å². The lowest BCUT2D eigenvalue weighted by Gasteiger charge is -2.09. The summed E-state index contributed by atoms with van der Waals surface area (Å²) in [7, 11) is 0. The lowest BCUT2D eigenvalue weighted by atomic mass is 10.2. The van der Waals surface area contributed by atoms with Gasteiger partial charge in [0, 0.05) is 5.56 Å². The van der Waals surface area contributed by atoms with Crippen LogP contribution in [-0.2, 0) is 6.61 Å². The number of benzene rings is 3. The quantitative estimate of drug-likeness (QED) is 0.440. The minimum absolute atomic E-state index is 0.0773. The molecule has 3 aromatic rings. The highest BCUT2D eigenvalue weighted by Crippen LogP contribution is 2.21. The van der Waals surface area contributed by atoms with E-state index in [1.54, 1.807) is 18.3 Å². The van der Waals surface area contributed by atoms with E-state index >= 15 is 0 Å². The van der Waals surface area contributed by atoms with Gasteiger partial charge in [0.25, 0.3) is 0 Å². The average molecular weight is 369 g/mol. The second kappa shape index (κ2) is 8.50. The topological polar surface area (TPSA) is 33.6 Å². The van der Waals surface area contributed by atoms with Crippen LogP contribution in [0.3, 0.4) is 0 Å². The fourth-order valence-electron chi connectivity index (χ4n) is 2.29.